The van der Waals surface area contributed by atoms with Crippen molar-refractivity contribution in [3.05, 3.63) is 29.8 Å². The largest absolute Gasteiger partial charge is 0.374 e. The summed E-state index contributed by atoms with van der Waals surface area (Å²) in [4.78, 5) is 12.1. The molecule has 0 saturated heterocycles. The van der Waals surface area contributed by atoms with E-state index in [0.29, 0.717) is 13.0 Å². The topological polar surface area (TPSA) is 64.4 Å². The summed E-state index contributed by atoms with van der Waals surface area (Å²) >= 11 is 0. The first-order valence-electron chi connectivity index (χ1n) is 7.16. The quantitative estimate of drug-likeness (QED) is 0.805. The molecule has 20 heavy (non-hydrogen) atoms. The van der Waals surface area contributed by atoms with Gasteiger partial charge in [-0.1, -0.05) is 25.5 Å². The van der Waals surface area contributed by atoms with E-state index in [9.17, 15) is 4.79 Å². The van der Waals surface area contributed by atoms with Crippen LogP contribution in [0.5, 0.6) is 0 Å². The number of hydrogen-bond acceptors (Lipinski definition) is 3. The van der Waals surface area contributed by atoms with E-state index in [-0.39, 0.29) is 12.0 Å². The Kier molecular flexibility index (Phi) is 6.17. The Balaban J connectivity index is 2.68. The van der Waals surface area contributed by atoms with E-state index >= 15 is 0 Å². The third-order valence-electron chi connectivity index (χ3n) is 3.06. The van der Waals surface area contributed by atoms with Gasteiger partial charge in [0.05, 0.1) is 18.2 Å². The number of anilines is 1. The van der Waals surface area contributed by atoms with E-state index in [4.69, 9.17) is 10.5 Å². The van der Waals surface area contributed by atoms with Crippen molar-refractivity contribution in [2.24, 2.45) is 5.73 Å². The van der Waals surface area contributed by atoms with Crippen molar-refractivity contribution in [3.8, 4) is 0 Å². The summed E-state index contributed by atoms with van der Waals surface area (Å²) in [6.45, 7) is 8.31. The summed E-state index contributed by atoms with van der Waals surface area (Å²) in [7, 11) is 0. The van der Waals surface area contributed by atoms with E-state index < -0.39 is 5.54 Å². The normalized spacial score (nSPS) is 14.1. The van der Waals surface area contributed by atoms with E-state index in [0.717, 1.165) is 17.7 Å². The molecule has 112 valence electrons. The number of nitrogens with one attached hydrogen (secondary N) is 1. The molecule has 1 atom stereocenters. The summed E-state index contributed by atoms with van der Waals surface area (Å²) in [6, 6.07) is 7.66. The highest BCUT2D eigenvalue weighted by molar-refractivity contribution is 5.97. The highest BCUT2D eigenvalue weighted by atomic mass is 16.5. The van der Waals surface area contributed by atoms with Gasteiger partial charge in [0.2, 0.25) is 5.91 Å². The Labute approximate surface area is 121 Å². The lowest BCUT2D eigenvalue weighted by Gasteiger charge is -2.23. The molecular weight excluding hydrogens is 252 g/mol. The maximum atomic E-state index is 12.1. The third kappa shape index (κ3) is 5.31. The van der Waals surface area contributed by atoms with Crippen molar-refractivity contribution in [1.82, 2.24) is 0 Å². The Morgan fingerprint density at radius 1 is 1.45 bits per heavy atom. The molecule has 4 heteroatoms. The lowest BCUT2D eigenvalue weighted by atomic mass is 9.96. The average Bonchev–Trinajstić information content (AvgIpc) is 2.36. The summed E-state index contributed by atoms with van der Waals surface area (Å²) in [6.07, 6.45) is 1.72. The fourth-order valence-electron chi connectivity index (χ4n) is 1.91. The van der Waals surface area contributed by atoms with Crippen LogP contribution >= 0.6 is 0 Å². The summed E-state index contributed by atoms with van der Waals surface area (Å²) in [5.74, 6) is -0.152. The molecule has 3 N–H and O–H groups in total. The minimum atomic E-state index is -0.834. The maximum Gasteiger partial charge on any atom is 0.244 e. The predicted octanol–water partition coefficient (Wildman–Crippen LogP) is 3.07. The first-order valence-corrected chi connectivity index (χ1v) is 7.16. The molecule has 0 aliphatic carbocycles. The van der Waals surface area contributed by atoms with Crippen LogP contribution < -0.4 is 11.1 Å². The van der Waals surface area contributed by atoms with Crippen LogP contribution in [0.15, 0.2) is 24.3 Å². The first-order chi connectivity index (χ1) is 9.35. The van der Waals surface area contributed by atoms with Gasteiger partial charge in [-0.25, -0.2) is 0 Å². The van der Waals surface area contributed by atoms with Gasteiger partial charge in [-0.3, -0.25) is 4.79 Å². The standard InChI is InChI=1S/C16H26N2O2/c1-5-9-16(4,17)15(19)18-14-8-6-7-13(10-14)11-20-12(2)3/h6-8,10,12H,5,9,11,17H2,1-4H3,(H,18,19). The summed E-state index contributed by atoms with van der Waals surface area (Å²) < 4.78 is 5.56. The van der Waals surface area contributed by atoms with Crippen LogP contribution in [0.2, 0.25) is 0 Å². The van der Waals surface area contributed by atoms with Gasteiger partial charge in [0.1, 0.15) is 0 Å². The molecule has 4 nitrogen and oxygen atoms in total. The zero-order valence-corrected chi connectivity index (χ0v) is 12.9. The number of amides is 1. The minimum absolute atomic E-state index is 0.152. The number of hydrogen-bond donors (Lipinski definition) is 2. The fourth-order valence-corrected chi connectivity index (χ4v) is 1.91. The number of carbonyl (C=O) groups excluding carboxylic acids is 1. The van der Waals surface area contributed by atoms with Crippen LogP contribution in [0.4, 0.5) is 5.69 Å². The van der Waals surface area contributed by atoms with Crippen LogP contribution in [0.1, 0.15) is 46.1 Å². The van der Waals surface area contributed by atoms with Gasteiger partial charge in [0, 0.05) is 5.69 Å². The van der Waals surface area contributed by atoms with Gasteiger partial charge in [-0.2, -0.15) is 0 Å². The van der Waals surface area contributed by atoms with Crippen molar-refractivity contribution in [1.29, 1.82) is 0 Å². The van der Waals surface area contributed by atoms with Gasteiger partial charge in [0.15, 0.2) is 0 Å². The van der Waals surface area contributed by atoms with E-state index in [2.05, 4.69) is 5.32 Å². The Morgan fingerprint density at radius 2 is 2.15 bits per heavy atom. The van der Waals surface area contributed by atoms with Crippen molar-refractivity contribution in [2.75, 3.05) is 5.32 Å². The lowest BCUT2D eigenvalue weighted by molar-refractivity contribution is -0.120. The molecule has 0 heterocycles. The van der Waals surface area contributed by atoms with Crippen LogP contribution in [-0.4, -0.2) is 17.6 Å². The number of ether oxygens (including phenoxy) is 1. The Hall–Kier alpha value is -1.39. The highest BCUT2D eigenvalue weighted by Gasteiger charge is 2.27. The molecule has 0 aromatic heterocycles. The fraction of sp³-hybridized carbons (Fsp3) is 0.562. The van der Waals surface area contributed by atoms with Crippen LogP contribution in [0, 0.1) is 0 Å². The molecule has 1 unspecified atom stereocenters. The molecule has 0 bridgehead atoms. The molecule has 0 aliphatic rings. The van der Waals surface area contributed by atoms with Crippen LogP contribution in [0.25, 0.3) is 0 Å². The van der Waals surface area contributed by atoms with Crippen molar-refractivity contribution >= 4 is 11.6 Å². The van der Waals surface area contributed by atoms with Gasteiger partial charge in [-0.15, -0.1) is 0 Å². The first kappa shape index (κ1) is 16.7. The summed E-state index contributed by atoms with van der Waals surface area (Å²) in [5, 5.41) is 2.88. The second kappa shape index (κ2) is 7.41. The number of rotatable bonds is 7. The Bertz CT molecular complexity index is 442. The SMILES string of the molecule is CCCC(C)(N)C(=O)Nc1cccc(COC(C)C)c1. The molecule has 1 aromatic carbocycles. The van der Waals surface area contributed by atoms with Crippen LogP contribution in [0.3, 0.4) is 0 Å². The highest BCUT2D eigenvalue weighted by Crippen LogP contribution is 2.16. The van der Waals surface area contributed by atoms with E-state index in [1.807, 2.05) is 45.0 Å². The molecule has 0 aliphatic heterocycles. The van der Waals surface area contributed by atoms with Gasteiger partial charge >= 0.3 is 0 Å². The molecule has 1 rings (SSSR count). The molecule has 0 radical (unpaired) electrons. The smallest absolute Gasteiger partial charge is 0.244 e. The van der Waals surface area contributed by atoms with E-state index in [1.165, 1.54) is 0 Å². The lowest BCUT2D eigenvalue weighted by Crippen LogP contribution is -2.48. The van der Waals surface area contributed by atoms with E-state index in [1.54, 1.807) is 6.92 Å². The third-order valence-corrected chi connectivity index (χ3v) is 3.06. The predicted molar refractivity (Wildman–Crippen MR) is 82.5 cm³/mol. The van der Waals surface area contributed by atoms with Crippen molar-refractivity contribution < 1.29 is 9.53 Å². The average molecular weight is 278 g/mol. The molecule has 0 spiro atoms. The number of benzene rings is 1. The molecule has 1 amide bonds. The summed E-state index contributed by atoms with van der Waals surface area (Å²) in [5.41, 5.74) is 6.97. The maximum absolute atomic E-state index is 12.1. The molecule has 0 saturated carbocycles. The monoisotopic (exact) mass is 278 g/mol. The second-order valence-corrected chi connectivity index (χ2v) is 5.68. The molecule has 1 aromatic rings. The number of nitrogens with two attached hydrogens (primary N) is 1. The minimum Gasteiger partial charge on any atom is -0.374 e. The van der Waals surface area contributed by atoms with Gasteiger partial charge < -0.3 is 15.8 Å². The zero-order chi connectivity index (χ0) is 15.2. The zero-order valence-electron chi connectivity index (χ0n) is 12.9. The van der Waals surface area contributed by atoms with Crippen molar-refractivity contribution in [3.63, 3.8) is 0 Å². The number of carbonyl (C=O) groups is 1. The van der Waals surface area contributed by atoms with Gasteiger partial charge in [-0.05, 0) is 44.9 Å². The molecular formula is C16H26N2O2. The molecule has 0 fully saturated rings. The Morgan fingerprint density at radius 3 is 2.75 bits per heavy atom. The van der Waals surface area contributed by atoms with Crippen LogP contribution in [-0.2, 0) is 16.1 Å². The van der Waals surface area contributed by atoms with Crippen molar-refractivity contribution in [2.45, 2.75) is 58.8 Å². The second-order valence-electron chi connectivity index (χ2n) is 5.68. The van der Waals surface area contributed by atoms with Gasteiger partial charge in [0.25, 0.3) is 0 Å².